The molecule has 0 spiro atoms. The summed E-state index contributed by atoms with van der Waals surface area (Å²) in [5.41, 5.74) is 1.98. The van der Waals surface area contributed by atoms with Crippen LogP contribution < -0.4 is 5.56 Å². The van der Waals surface area contributed by atoms with Gasteiger partial charge in [-0.25, -0.2) is 9.97 Å². The number of nitrogens with zero attached hydrogens (tertiary/aromatic N) is 3. The van der Waals surface area contributed by atoms with Crippen LogP contribution in [0.1, 0.15) is 5.56 Å². The van der Waals surface area contributed by atoms with E-state index in [1.54, 1.807) is 40.1 Å². The van der Waals surface area contributed by atoms with Gasteiger partial charge in [-0.1, -0.05) is 23.9 Å². The van der Waals surface area contributed by atoms with Crippen molar-refractivity contribution >= 4 is 55.9 Å². The minimum absolute atomic E-state index is 0.0644. The van der Waals surface area contributed by atoms with Crippen LogP contribution in [-0.4, -0.2) is 20.8 Å². The average Bonchev–Trinajstić information content (AvgIpc) is 2.88. The summed E-state index contributed by atoms with van der Waals surface area (Å²) in [5.74, 6) is 0. The number of thiazole rings is 1. The van der Waals surface area contributed by atoms with Gasteiger partial charge in [0.2, 0.25) is 0 Å². The average molecular weight is 415 g/mol. The molecule has 0 atom stereocenters. The number of hydrogen-bond acceptors (Lipinski definition) is 5. The first-order valence-electron chi connectivity index (χ1n) is 5.82. The lowest BCUT2D eigenvalue weighted by Gasteiger charge is -2.06. The minimum Gasteiger partial charge on any atom is -0.307 e. The number of hydrogen-bond donors (Lipinski definition) is 0. The van der Waals surface area contributed by atoms with Crippen LogP contribution in [0.2, 0.25) is 0 Å². The Labute approximate surface area is 137 Å². The first-order valence-corrected chi connectivity index (χ1v) is 8.94. The summed E-state index contributed by atoms with van der Waals surface area (Å²) < 4.78 is 4.36. The summed E-state index contributed by atoms with van der Waals surface area (Å²) in [6.45, 7) is 0.520. The summed E-state index contributed by atoms with van der Waals surface area (Å²) in [7, 11) is 0. The predicted octanol–water partition coefficient (Wildman–Crippen LogP) is 3.23. The smallest absolute Gasteiger partial charge is 0.283 e. The maximum atomic E-state index is 12.0. The second-order valence-electron chi connectivity index (χ2n) is 4.10. The summed E-state index contributed by atoms with van der Waals surface area (Å²) in [6, 6.07) is 6.10. The molecular weight excluding hydrogens is 405 g/mol. The second kappa shape index (κ2) is 5.82. The van der Waals surface area contributed by atoms with Crippen LogP contribution in [0.15, 0.2) is 39.7 Å². The maximum absolute atomic E-state index is 12.0. The van der Waals surface area contributed by atoms with Gasteiger partial charge in [0.25, 0.3) is 5.56 Å². The highest BCUT2D eigenvalue weighted by molar-refractivity contribution is 14.1. The number of thioether (sulfide) groups is 1. The van der Waals surface area contributed by atoms with E-state index in [9.17, 15) is 4.79 Å². The Hall–Kier alpha value is -0.930. The van der Waals surface area contributed by atoms with Crippen LogP contribution in [0.3, 0.4) is 0 Å². The van der Waals surface area contributed by atoms with Crippen molar-refractivity contribution in [2.45, 2.75) is 10.9 Å². The van der Waals surface area contributed by atoms with Gasteiger partial charge >= 0.3 is 0 Å². The van der Waals surface area contributed by atoms with Crippen LogP contribution in [-0.2, 0) is 6.54 Å². The van der Waals surface area contributed by atoms with E-state index < -0.39 is 0 Å². The van der Waals surface area contributed by atoms with Crippen molar-refractivity contribution in [3.63, 3.8) is 0 Å². The van der Waals surface area contributed by atoms with Gasteiger partial charge in [0, 0.05) is 12.4 Å². The number of fused-ring (bicyclic) bond motifs is 1. The first kappa shape index (κ1) is 14.0. The Balaban J connectivity index is 2.08. The zero-order valence-corrected chi connectivity index (χ0v) is 14.3. The van der Waals surface area contributed by atoms with Crippen LogP contribution in [0, 0.1) is 3.70 Å². The molecule has 0 N–H and O–H groups in total. The Morgan fingerprint density at radius 1 is 1.45 bits per heavy atom. The molecular formula is C13H10IN3OS2. The van der Waals surface area contributed by atoms with Crippen LogP contribution in [0.25, 0.3) is 10.2 Å². The third kappa shape index (κ3) is 2.61. The number of rotatable bonds is 3. The molecule has 3 rings (SSSR count). The highest BCUT2D eigenvalue weighted by Gasteiger charge is 2.09. The molecule has 2 aromatic heterocycles. The first-order chi connectivity index (χ1) is 9.69. The fraction of sp³-hybridized carbons (Fsp3) is 0.154. The van der Waals surface area contributed by atoms with Gasteiger partial charge in [-0.2, -0.15) is 0 Å². The third-order valence-corrected chi connectivity index (χ3v) is 5.62. The largest absolute Gasteiger partial charge is 0.307 e. The number of aromatic nitrogens is 3. The molecule has 0 bridgehead atoms. The lowest BCUT2D eigenvalue weighted by Crippen LogP contribution is -2.23. The minimum atomic E-state index is -0.0644. The van der Waals surface area contributed by atoms with E-state index in [1.165, 1.54) is 0 Å². The standard InChI is InChI=1S/C13H10IN3OS2/c1-19-13-16-10-8(3-2-4-9(10)20-13)7-17-6-5-15-11(14)12(17)18/h2-6H,7H2,1H3. The number of para-hydroxylation sites is 1. The zero-order valence-electron chi connectivity index (χ0n) is 10.5. The van der Waals surface area contributed by atoms with Crippen LogP contribution >= 0.6 is 45.7 Å². The van der Waals surface area contributed by atoms with Crippen molar-refractivity contribution in [1.82, 2.24) is 14.5 Å². The van der Waals surface area contributed by atoms with Crippen molar-refractivity contribution < 1.29 is 0 Å². The molecule has 0 aliphatic heterocycles. The summed E-state index contributed by atoms with van der Waals surface area (Å²) in [4.78, 5) is 20.7. The molecule has 0 amide bonds. The van der Waals surface area contributed by atoms with Gasteiger partial charge in [0.15, 0.2) is 8.04 Å². The summed E-state index contributed by atoms with van der Waals surface area (Å²) >= 11 is 5.28. The molecule has 0 aliphatic rings. The van der Waals surface area contributed by atoms with Gasteiger partial charge in [0.1, 0.15) is 0 Å². The molecule has 0 unspecified atom stereocenters. The van der Waals surface area contributed by atoms with Gasteiger partial charge in [-0.3, -0.25) is 4.79 Å². The topological polar surface area (TPSA) is 47.8 Å². The number of benzene rings is 1. The van der Waals surface area contributed by atoms with E-state index in [4.69, 9.17) is 0 Å². The quantitative estimate of drug-likeness (QED) is 0.487. The third-order valence-electron chi connectivity index (χ3n) is 2.87. The fourth-order valence-corrected chi connectivity index (χ4v) is 3.93. The Morgan fingerprint density at radius 3 is 3.10 bits per heavy atom. The van der Waals surface area contributed by atoms with Gasteiger partial charge < -0.3 is 4.57 Å². The highest BCUT2D eigenvalue weighted by Crippen LogP contribution is 2.30. The van der Waals surface area contributed by atoms with Crippen molar-refractivity contribution in [1.29, 1.82) is 0 Å². The Kier molecular flexibility index (Phi) is 4.08. The highest BCUT2D eigenvalue weighted by atomic mass is 127. The molecule has 0 saturated carbocycles. The Bertz CT molecular complexity index is 828. The van der Waals surface area contributed by atoms with E-state index in [1.807, 2.05) is 41.0 Å². The maximum Gasteiger partial charge on any atom is 0.283 e. The van der Waals surface area contributed by atoms with E-state index in [2.05, 4.69) is 16.0 Å². The van der Waals surface area contributed by atoms with Crippen molar-refractivity contribution in [2.75, 3.05) is 6.26 Å². The molecule has 2 heterocycles. The van der Waals surface area contributed by atoms with Crippen molar-refractivity contribution in [2.24, 2.45) is 0 Å². The van der Waals surface area contributed by atoms with Crippen LogP contribution in [0.5, 0.6) is 0 Å². The Morgan fingerprint density at radius 2 is 2.30 bits per heavy atom. The van der Waals surface area contributed by atoms with E-state index >= 15 is 0 Å². The van der Waals surface area contributed by atoms with Crippen LogP contribution in [0.4, 0.5) is 0 Å². The van der Waals surface area contributed by atoms with E-state index in [0.29, 0.717) is 10.2 Å². The monoisotopic (exact) mass is 415 g/mol. The number of halogens is 1. The SMILES string of the molecule is CSc1nc2c(Cn3ccnc(I)c3=O)cccc2s1. The molecule has 0 aliphatic carbocycles. The van der Waals surface area contributed by atoms with Crippen molar-refractivity contribution in [3.8, 4) is 0 Å². The fourth-order valence-electron chi connectivity index (χ4n) is 1.93. The van der Waals surface area contributed by atoms with Crippen molar-refractivity contribution in [3.05, 3.63) is 50.2 Å². The molecule has 0 radical (unpaired) electrons. The lowest BCUT2D eigenvalue weighted by atomic mass is 10.2. The summed E-state index contributed by atoms with van der Waals surface area (Å²) in [5, 5.41) is 0. The molecule has 1 aromatic carbocycles. The molecule has 7 heteroatoms. The molecule has 4 nitrogen and oxygen atoms in total. The van der Waals surface area contributed by atoms with Gasteiger partial charge in [-0.15, -0.1) is 11.3 Å². The molecule has 20 heavy (non-hydrogen) atoms. The molecule has 0 saturated heterocycles. The predicted molar refractivity (Wildman–Crippen MR) is 91.7 cm³/mol. The van der Waals surface area contributed by atoms with Gasteiger partial charge in [-0.05, 0) is 40.5 Å². The molecule has 102 valence electrons. The normalized spacial score (nSPS) is 11.1. The van der Waals surface area contributed by atoms with E-state index in [0.717, 1.165) is 20.1 Å². The molecule has 3 aromatic rings. The second-order valence-corrected chi connectivity index (χ2v) is 7.20. The van der Waals surface area contributed by atoms with Gasteiger partial charge in [0.05, 0.1) is 16.8 Å². The van der Waals surface area contributed by atoms with E-state index in [-0.39, 0.29) is 5.56 Å². The summed E-state index contributed by atoms with van der Waals surface area (Å²) in [6.07, 6.45) is 5.38. The lowest BCUT2D eigenvalue weighted by molar-refractivity contribution is 0.743. The molecule has 0 fully saturated rings. The zero-order chi connectivity index (χ0) is 14.1.